The van der Waals surface area contributed by atoms with E-state index >= 15 is 0 Å². The van der Waals surface area contributed by atoms with E-state index < -0.39 is 0 Å². The van der Waals surface area contributed by atoms with Gasteiger partial charge in [0.1, 0.15) is 5.69 Å². The van der Waals surface area contributed by atoms with Crippen LogP contribution in [0, 0.1) is 0 Å². The van der Waals surface area contributed by atoms with E-state index in [1.54, 1.807) is 10.9 Å². The molecule has 1 aromatic rings. The molecule has 1 amide bonds. The Labute approximate surface area is 112 Å². The summed E-state index contributed by atoms with van der Waals surface area (Å²) >= 11 is 1.45. The number of aromatic nitrogens is 1. The molecule has 1 aliphatic heterocycles. The van der Waals surface area contributed by atoms with Crippen molar-refractivity contribution in [2.24, 2.45) is 0 Å². The monoisotopic (exact) mass is 267 g/mol. The van der Waals surface area contributed by atoms with Crippen molar-refractivity contribution < 1.29 is 4.79 Å². The van der Waals surface area contributed by atoms with Crippen LogP contribution in [-0.2, 0) is 0 Å². The molecule has 1 fully saturated rings. The van der Waals surface area contributed by atoms with Gasteiger partial charge in [0.25, 0.3) is 5.91 Å². The minimum atomic E-state index is -0.0366. The van der Waals surface area contributed by atoms with E-state index in [0.717, 1.165) is 25.9 Å². The van der Waals surface area contributed by atoms with E-state index in [-0.39, 0.29) is 17.5 Å². The second kappa shape index (κ2) is 5.36. The first kappa shape index (κ1) is 13.5. The molecule has 0 unspecified atom stereocenters. The Kier molecular flexibility index (Phi) is 4.02. The maximum Gasteiger partial charge on any atom is 0.270 e. The Balaban J connectivity index is 1.82. The fourth-order valence-corrected chi connectivity index (χ4v) is 2.81. The van der Waals surface area contributed by atoms with Gasteiger partial charge >= 0.3 is 0 Å². The highest BCUT2D eigenvalue weighted by Crippen LogP contribution is 2.20. The SMILES string of the molecule is CC(C)(C)N1CCC(NC(=O)c2cscn2)CC1. The maximum atomic E-state index is 11.9. The average molecular weight is 267 g/mol. The topological polar surface area (TPSA) is 45.2 Å². The summed E-state index contributed by atoms with van der Waals surface area (Å²) in [4.78, 5) is 18.4. The van der Waals surface area contributed by atoms with Crippen molar-refractivity contribution in [2.45, 2.75) is 45.2 Å². The van der Waals surface area contributed by atoms with E-state index in [4.69, 9.17) is 0 Å². The Morgan fingerprint density at radius 2 is 2.11 bits per heavy atom. The molecule has 0 bridgehead atoms. The number of carbonyl (C=O) groups is 1. The van der Waals surface area contributed by atoms with Crippen molar-refractivity contribution in [2.75, 3.05) is 13.1 Å². The lowest BCUT2D eigenvalue weighted by Crippen LogP contribution is -2.50. The van der Waals surface area contributed by atoms with E-state index in [1.807, 2.05) is 0 Å². The van der Waals surface area contributed by atoms with Gasteiger partial charge in [0.05, 0.1) is 5.51 Å². The number of amides is 1. The molecule has 0 atom stereocenters. The number of piperidine rings is 1. The van der Waals surface area contributed by atoms with E-state index in [1.165, 1.54) is 11.3 Å². The van der Waals surface area contributed by atoms with Gasteiger partial charge in [0, 0.05) is 30.1 Å². The zero-order valence-corrected chi connectivity index (χ0v) is 12.1. The fourth-order valence-electron chi connectivity index (χ4n) is 2.28. The van der Waals surface area contributed by atoms with E-state index in [2.05, 4.69) is 36.0 Å². The lowest BCUT2D eigenvalue weighted by molar-refractivity contribution is 0.0809. The highest BCUT2D eigenvalue weighted by atomic mass is 32.1. The molecule has 18 heavy (non-hydrogen) atoms. The third-order valence-electron chi connectivity index (χ3n) is 3.44. The summed E-state index contributed by atoms with van der Waals surface area (Å²) in [5, 5.41) is 4.86. The van der Waals surface area contributed by atoms with Gasteiger partial charge in [-0.1, -0.05) is 0 Å². The summed E-state index contributed by atoms with van der Waals surface area (Å²) in [6.07, 6.45) is 2.04. The zero-order chi connectivity index (χ0) is 13.2. The molecule has 4 nitrogen and oxygen atoms in total. The minimum Gasteiger partial charge on any atom is -0.348 e. The number of nitrogens with zero attached hydrogens (tertiary/aromatic N) is 2. The Bertz CT molecular complexity index is 389. The van der Waals surface area contributed by atoms with Crippen LogP contribution in [0.5, 0.6) is 0 Å². The highest BCUT2D eigenvalue weighted by molar-refractivity contribution is 7.07. The molecule has 1 aliphatic rings. The van der Waals surface area contributed by atoms with Gasteiger partial charge in [-0.2, -0.15) is 0 Å². The number of rotatable bonds is 2. The van der Waals surface area contributed by atoms with Gasteiger partial charge in [-0.05, 0) is 33.6 Å². The average Bonchev–Trinajstić information content (AvgIpc) is 2.82. The van der Waals surface area contributed by atoms with E-state index in [0.29, 0.717) is 5.69 Å². The van der Waals surface area contributed by atoms with Crippen molar-refractivity contribution in [3.8, 4) is 0 Å². The van der Waals surface area contributed by atoms with Gasteiger partial charge in [-0.25, -0.2) is 4.98 Å². The van der Waals surface area contributed by atoms with Crippen LogP contribution in [0.15, 0.2) is 10.9 Å². The van der Waals surface area contributed by atoms with Gasteiger partial charge in [-0.15, -0.1) is 11.3 Å². The molecule has 100 valence electrons. The first-order valence-corrected chi connectivity index (χ1v) is 7.35. The third kappa shape index (κ3) is 3.29. The lowest BCUT2D eigenvalue weighted by Gasteiger charge is -2.40. The van der Waals surface area contributed by atoms with Crippen LogP contribution in [-0.4, -0.2) is 40.5 Å². The normalized spacial score (nSPS) is 18.8. The number of likely N-dealkylation sites (tertiary alicyclic amines) is 1. The molecule has 1 N–H and O–H groups in total. The molecular formula is C13H21N3OS. The Morgan fingerprint density at radius 1 is 1.44 bits per heavy atom. The molecule has 0 spiro atoms. The molecule has 5 heteroatoms. The van der Waals surface area contributed by atoms with Crippen LogP contribution < -0.4 is 5.32 Å². The maximum absolute atomic E-state index is 11.9. The van der Waals surface area contributed by atoms with Crippen molar-refractivity contribution in [3.63, 3.8) is 0 Å². The van der Waals surface area contributed by atoms with Gasteiger partial charge < -0.3 is 5.32 Å². The number of thiazole rings is 1. The predicted molar refractivity (Wildman–Crippen MR) is 73.9 cm³/mol. The third-order valence-corrected chi connectivity index (χ3v) is 4.03. The second-order valence-electron chi connectivity index (χ2n) is 5.78. The smallest absolute Gasteiger partial charge is 0.270 e. The van der Waals surface area contributed by atoms with E-state index in [9.17, 15) is 4.79 Å². The highest BCUT2D eigenvalue weighted by Gasteiger charge is 2.27. The molecular weight excluding hydrogens is 246 g/mol. The molecule has 0 aliphatic carbocycles. The number of nitrogens with one attached hydrogen (secondary N) is 1. The summed E-state index contributed by atoms with van der Waals surface area (Å²) in [6.45, 7) is 8.81. The quantitative estimate of drug-likeness (QED) is 0.893. The summed E-state index contributed by atoms with van der Waals surface area (Å²) in [5.41, 5.74) is 2.46. The summed E-state index contributed by atoms with van der Waals surface area (Å²) in [7, 11) is 0. The summed E-state index contributed by atoms with van der Waals surface area (Å²) in [6, 6.07) is 0.290. The number of hydrogen-bond donors (Lipinski definition) is 1. The lowest BCUT2D eigenvalue weighted by atomic mass is 9.98. The Hall–Kier alpha value is -0.940. The standard InChI is InChI=1S/C13H21N3OS/c1-13(2,3)16-6-4-10(5-7-16)15-12(17)11-8-18-9-14-11/h8-10H,4-7H2,1-3H3,(H,15,17). The summed E-state index contributed by atoms with van der Waals surface area (Å²) in [5.74, 6) is -0.0366. The van der Waals surface area contributed by atoms with Gasteiger partial charge in [-0.3, -0.25) is 9.69 Å². The van der Waals surface area contributed by atoms with Crippen LogP contribution in [0.2, 0.25) is 0 Å². The predicted octanol–water partition coefficient (Wildman–Crippen LogP) is 2.14. The Morgan fingerprint density at radius 3 is 2.61 bits per heavy atom. The molecule has 0 saturated carbocycles. The van der Waals surface area contributed by atoms with Crippen molar-refractivity contribution in [1.29, 1.82) is 0 Å². The molecule has 1 aromatic heterocycles. The largest absolute Gasteiger partial charge is 0.348 e. The number of carbonyl (C=O) groups excluding carboxylic acids is 1. The van der Waals surface area contributed by atoms with Gasteiger partial charge in [0.15, 0.2) is 0 Å². The van der Waals surface area contributed by atoms with Crippen molar-refractivity contribution in [1.82, 2.24) is 15.2 Å². The molecule has 1 saturated heterocycles. The first-order chi connectivity index (χ1) is 8.47. The zero-order valence-electron chi connectivity index (χ0n) is 11.3. The number of hydrogen-bond acceptors (Lipinski definition) is 4. The van der Waals surface area contributed by atoms with Crippen LogP contribution in [0.25, 0.3) is 0 Å². The van der Waals surface area contributed by atoms with Crippen LogP contribution in [0.3, 0.4) is 0 Å². The minimum absolute atomic E-state index is 0.0366. The van der Waals surface area contributed by atoms with Crippen molar-refractivity contribution >= 4 is 17.2 Å². The second-order valence-corrected chi connectivity index (χ2v) is 6.50. The van der Waals surface area contributed by atoms with Crippen molar-refractivity contribution in [3.05, 3.63) is 16.6 Å². The first-order valence-electron chi connectivity index (χ1n) is 6.41. The van der Waals surface area contributed by atoms with Crippen LogP contribution in [0.1, 0.15) is 44.1 Å². The molecule has 2 rings (SSSR count). The van der Waals surface area contributed by atoms with Crippen LogP contribution in [0.4, 0.5) is 0 Å². The fraction of sp³-hybridized carbons (Fsp3) is 0.692. The molecule has 0 aromatic carbocycles. The van der Waals surface area contributed by atoms with Crippen LogP contribution >= 0.6 is 11.3 Å². The molecule has 2 heterocycles. The molecule has 0 radical (unpaired) electrons. The summed E-state index contributed by atoms with van der Waals surface area (Å²) < 4.78 is 0. The van der Waals surface area contributed by atoms with Gasteiger partial charge in [0.2, 0.25) is 0 Å².